The highest BCUT2D eigenvalue weighted by Crippen LogP contribution is 2.14. The summed E-state index contributed by atoms with van der Waals surface area (Å²) in [6, 6.07) is 14.8. The second kappa shape index (κ2) is 10.2. The summed E-state index contributed by atoms with van der Waals surface area (Å²) in [6.45, 7) is 1.67. The molecule has 7 heteroatoms. The number of thioether (sulfide) groups is 1. The summed E-state index contributed by atoms with van der Waals surface area (Å²) in [5.41, 5.74) is 8.94. The number of amides is 2. The molecular weight excluding hydrogens is 382 g/mol. The van der Waals surface area contributed by atoms with Gasteiger partial charge in [-0.05, 0) is 35.4 Å². The van der Waals surface area contributed by atoms with Crippen molar-refractivity contribution in [1.29, 1.82) is 0 Å². The number of benzene rings is 2. The number of halogens is 1. The highest BCUT2D eigenvalue weighted by Gasteiger charge is 2.16. The van der Waals surface area contributed by atoms with Crippen molar-refractivity contribution in [3.05, 3.63) is 59.7 Å². The molecular formula is C20H24ClN3O2S. The van der Waals surface area contributed by atoms with Crippen molar-refractivity contribution < 1.29 is 9.59 Å². The van der Waals surface area contributed by atoms with Gasteiger partial charge in [0.05, 0.1) is 12.8 Å². The van der Waals surface area contributed by atoms with Crippen LogP contribution in [-0.2, 0) is 22.4 Å². The number of rotatable bonds is 5. The number of carbonyl (C=O) groups is 2. The zero-order valence-corrected chi connectivity index (χ0v) is 16.7. The number of nitrogens with one attached hydrogen (secondary N) is 1. The molecule has 144 valence electrons. The molecule has 3 rings (SSSR count). The topological polar surface area (TPSA) is 75.4 Å². The van der Waals surface area contributed by atoms with E-state index in [4.69, 9.17) is 5.73 Å². The molecule has 1 fully saturated rings. The second-order valence-corrected chi connectivity index (χ2v) is 7.56. The van der Waals surface area contributed by atoms with Crippen molar-refractivity contribution in [2.24, 2.45) is 0 Å². The molecule has 0 radical (unpaired) electrons. The molecule has 0 saturated carbocycles. The molecule has 0 unspecified atom stereocenters. The van der Waals surface area contributed by atoms with Crippen LogP contribution in [-0.4, -0.2) is 41.3 Å². The maximum Gasteiger partial charge on any atom is 0.228 e. The molecule has 0 aliphatic carbocycles. The van der Waals surface area contributed by atoms with E-state index < -0.39 is 0 Å². The molecule has 0 bridgehead atoms. The van der Waals surface area contributed by atoms with Gasteiger partial charge in [0.2, 0.25) is 11.8 Å². The van der Waals surface area contributed by atoms with Gasteiger partial charge in [-0.1, -0.05) is 24.3 Å². The third-order valence-corrected chi connectivity index (χ3v) is 5.24. The molecule has 1 aliphatic rings. The van der Waals surface area contributed by atoms with Crippen LogP contribution in [0.2, 0.25) is 0 Å². The Morgan fingerprint density at radius 1 is 0.926 bits per heavy atom. The lowest BCUT2D eigenvalue weighted by molar-refractivity contribution is -0.130. The van der Waals surface area contributed by atoms with Gasteiger partial charge in [0, 0.05) is 36.0 Å². The maximum atomic E-state index is 12.3. The average Bonchev–Trinajstić information content (AvgIpc) is 2.66. The van der Waals surface area contributed by atoms with E-state index in [1.165, 1.54) is 0 Å². The molecule has 0 spiro atoms. The molecule has 5 nitrogen and oxygen atoms in total. The van der Waals surface area contributed by atoms with Gasteiger partial charge in [-0.2, -0.15) is 11.8 Å². The van der Waals surface area contributed by atoms with Crippen LogP contribution >= 0.6 is 24.2 Å². The normalized spacial score (nSPS) is 13.6. The lowest BCUT2D eigenvalue weighted by atomic mass is 10.1. The molecule has 2 amide bonds. The van der Waals surface area contributed by atoms with Crippen LogP contribution in [0.5, 0.6) is 0 Å². The van der Waals surface area contributed by atoms with Crippen molar-refractivity contribution >= 4 is 47.4 Å². The Balaban J connectivity index is 0.00000261. The van der Waals surface area contributed by atoms with Gasteiger partial charge in [-0.15, -0.1) is 12.4 Å². The summed E-state index contributed by atoms with van der Waals surface area (Å²) >= 11 is 1.89. The smallest absolute Gasteiger partial charge is 0.228 e. The maximum absolute atomic E-state index is 12.3. The van der Waals surface area contributed by atoms with E-state index in [0.29, 0.717) is 18.5 Å². The number of hydrogen-bond donors (Lipinski definition) is 2. The Morgan fingerprint density at radius 3 is 2.11 bits per heavy atom. The molecule has 3 N–H and O–H groups in total. The van der Waals surface area contributed by atoms with Gasteiger partial charge in [-0.3, -0.25) is 9.59 Å². The predicted octanol–water partition coefficient (Wildman–Crippen LogP) is 2.99. The van der Waals surface area contributed by atoms with E-state index in [9.17, 15) is 9.59 Å². The van der Waals surface area contributed by atoms with Gasteiger partial charge in [0.15, 0.2) is 0 Å². The van der Waals surface area contributed by atoms with E-state index in [1.54, 1.807) is 12.1 Å². The SMILES string of the molecule is Cl.Nc1ccc(CC(=O)Nc2ccc(CC(=O)N3CCSCC3)cc2)cc1. The summed E-state index contributed by atoms with van der Waals surface area (Å²) in [7, 11) is 0. The van der Waals surface area contributed by atoms with Gasteiger partial charge < -0.3 is 16.0 Å². The van der Waals surface area contributed by atoms with Gasteiger partial charge >= 0.3 is 0 Å². The molecule has 0 atom stereocenters. The number of nitrogens with two attached hydrogens (primary N) is 1. The minimum absolute atomic E-state index is 0. The number of nitrogen functional groups attached to an aromatic ring is 1. The highest BCUT2D eigenvalue weighted by molar-refractivity contribution is 7.99. The van der Waals surface area contributed by atoms with Gasteiger partial charge in [0.25, 0.3) is 0 Å². The Kier molecular flexibility index (Phi) is 8.00. The second-order valence-electron chi connectivity index (χ2n) is 6.33. The van der Waals surface area contributed by atoms with E-state index in [1.807, 2.05) is 53.1 Å². The zero-order chi connectivity index (χ0) is 18.4. The molecule has 0 aromatic heterocycles. The van der Waals surface area contributed by atoms with Crippen molar-refractivity contribution in [3.63, 3.8) is 0 Å². The lowest BCUT2D eigenvalue weighted by Crippen LogP contribution is -2.38. The van der Waals surface area contributed by atoms with Crippen molar-refractivity contribution in [2.45, 2.75) is 12.8 Å². The minimum Gasteiger partial charge on any atom is -0.399 e. The number of carbonyl (C=O) groups excluding carboxylic acids is 2. The molecule has 1 aliphatic heterocycles. The molecule has 1 heterocycles. The monoisotopic (exact) mass is 405 g/mol. The standard InChI is InChI=1S/C20H23N3O2S.ClH/c21-17-5-1-15(2-6-17)13-19(24)22-18-7-3-16(4-8-18)14-20(25)23-9-11-26-12-10-23;/h1-8H,9-14,21H2,(H,22,24);1H. The highest BCUT2D eigenvalue weighted by atomic mass is 35.5. The van der Waals surface area contributed by atoms with Crippen LogP contribution in [0.3, 0.4) is 0 Å². The van der Waals surface area contributed by atoms with Crippen molar-refractivity contribution in [1.82, 2.24) is 4.90 Å². The molecule has 2 aromatic rings. The first kappa shape index (κ1) is 21.1. The first-order valence-electron chi connectivity index (χ1n) is 8.69. The summed E-state index contributed by atoms with van der Waals surface area (Å²) in [5.74, 6) is 2.13. The number of nitrogens with zero attached hydrogens (tertiary/aromatic N) is 1. The van der Waals surface area contributed by atoms with E-state index >= 15 is 0 Å². The van der Waals surface area contributed by atoms with Crippen LogP contribution in [0.1, 0.15) is 11.1 Å². The quantitative estimate of drug-likeness (QED) is 0.750. The zero-order valence-electron chi connectivity index (χ0n) is 15.0. The Morgan fingerprint density at radius 2 is 1.48 bits per heavy atom. The average molecular weight is 406 g/mol. The molecule has 1 saturated heterocycles. The van der Waals surface area contributed by atoms with Crippen LogP contribution in [0.4, 0.5) is 11.4 Å². The van der Waals surface area contributed by atoms with Crippen molar-refractivity contribution in [2.75, 3.05) is 35.6 Å². The van der Waals surface area contributed by atoms with E-state index in [0.717, 1.165) is 41.4 Å². The van der Waals surface area contributed by atoms with Crippen LogP contribution in [0.15, 0.2) is 48.5 Å². The van der Waals surface area contributed by atoms with Gasteiger partial charge in [-0.25, -0.2) is 0 Å². The van der Waals surface area contributed by atoms with Crippen LogP contribution in [0, 0.1) is 0 Å². The number of hydrogen-bond acceptors (Lipinski definition) is 4. The Hall–Kier alpha value is -2.18. The summed E-state index contributed by atoms with van der Waals surface area (Å²) in [5, 5.41) is 2.88. The van der Waals surface area contributed by atoms with E-state index in [2.05, 4.69) is 5.32 Å². The predicted molar refractivity (Wildman–Crippen MR) is 114 cm³/mol. The van der Waals surface area contributed by atoms with Crippen LogP contribution < -0.4 is 11.1 Å². The molecule has 2 aromatic carbocycles. The summed E-state index contributed by atoms with van der Waals surface area (Å²) < 4.78 is 0. The summed E-state index contributed by atoms with van der Waals surface area (Å²) in [6.07, 6.45) is 0.706. The fourth-order valence-electron chi connectivity index (χ4n) is 2.83. The fourth-order valence-corrected chi connectivity index (χ4v) is 3.73. The molecule has 27 heavy (non-hydrogen) atoms. The first-order valence-corrected chi connectivity index (χ1v) is 9.84. The Bertz CT molecular complexity index is 760. The largest absolute Gasteiger partial charge is 0.399 e. The lowest BCUT2D eigenvalue weighted by Gasteiger charge is -2.26. The third kappa shape index (κ3) is 6.48. The summed E-state index contributed by atoms with van der Waals surface area (Å²) in [4.78, 5) is 26.4. The van der Waals surface area contributed by atoms with Crippen molar-refractivity contribution in [3.8, 4) is 0 Å². The third-order valence-electron chi connectivity index (χ3n) is 4.30. The fraction of sp³-hybridized carbons (Fsp3) is 0.300. The first-order chi connectivity index (χ1) is 12.6. The van der Waals surface area contributed by atoms with Gasteiger partial charge in [0.1, 0.15) is 0 Å². The minimum atomic E-state index is -0.0792. The van der Waals surface area contributed by atoms with E-state index in [-0.39, 0.29) is 24.2 Å². The number of anilines is 2. The van der Waals surface area contributed by atoms with Crippen LogP contribution in [0.25, 0.3) is 0 Å². The Labute approximate surface area is 170 Å².